The normalized spacial score (nSPS) is 27.3. The molecule has 12 rings (SSSR count). The lowest BCUT2D eigenvalue weighted by atomic mass is 9.83. The van der Waals surface area contributed by atoms with Crippen molar-refractivity contribution in [2.24, 2.45) is 0 Å². The van der Waals surface area contributed by atoms with Crippen molar-refractivity contribution in [3.63, 3.8) is 0 Å². The summed E-state index contributed by atoms with van der Waals surface area (Å²) in [7, 11) is -3.50. The van der Waals surface area contributed by atoms with Crippen LogP contribution in [-0.2, 0) is 15.9 Å². The molecule has 0 bridgehead atoms. The fourth-order valence-corrected chi connectivity index (χ4v) is 12.5. The Labute approximate surface area is 237 Å². The topological polar surface area (TPSA) is 98.7 Å². The van der Waals surface area contributed by atoms with Gasteiger partial charge < -0.3 is 18.9 Å². The fourth-order valence-electron chi connectivity index (χ4n) is 8.62. The van der Waals surface area contributed by atoms with Crippen LogP contribution >= 0.6 is 7.14 Å². The van der Waals surface area contributed by atoms with Gasteiger partial charge in [-0.25, -0.2) is 10.6 Å². The van der Waals surface area contributed by atoms with Crippen LogP contribution in [0.2, 0.25) is 0 Å². The molecular formula is C31H18N5O5P+2. The van der Waals surface area contributed by atoms with Crippen molar-refractivity contribution in [3.05, 3.63) is 95.3 Å². The van der Waals surface area contributed by atoms with Gasteiger partial charge in [-0.05, 0) is 59.7 Å². The molecule has 7 aliphatic heterocycles. The highest BCUT2D eigenvalue weighted by atomic mass is 31.2. The van der Waals surface area contributed by atoms with Gasteiger partial charge in [0, 0.05) is 9.78 Å². The zero-order valence-electron chi connectivity index (χ0n) is 21.7. The van der Waals surface area contributed by atoms with E-state index in [0.717, 1.165) is 49.7 Å². The third kappa shape index (κ3) is 1.81. The molecule has 11 heteroatoms. The van der Waals surface area contributed by atoms with Crippen LogP contribution in [0.5, 0.6) is 34.5 Å². The van der Waals surface area contributed by atoms with Gasteiger partial charge >= 0.3 is 18.4 Å². The van der Waals surface area contributed by atoms with E-state index in [9.17, 15) is 0 Å². The molecule has 0 radical (unpaired) electrons. The molecule has 7 aliphatic rings. The van der Waals surface area contributed by atoms with E-state index in [4.69, 9.17) is 24.0 Å². The minimum atomic E-state index is -3.50. The Morgan fingerprint density at radius 3 is 1.90 bits per heavy atom. The molecule has 4 aromatic carbocycles. The van der Waals surface area contributed by atoms with Crippen molar-refractivity contribution in [1.29, 1.82) is 0 Å². The van der Waals surface area contributed by atoms with Gasteiger partial charge in [0.05, 0.1) is 16.2 Å². The van der Waals surface area contributed by atoms with Gasteiger partial charge in [-0.15, -0.1) is 4.57 Å². The van der Waals surface area contributed by atoms with E-state index in [1.807, 2.05) is 59.4 Å². The number of ether oxygens (including phenoxy) is 4. The zero-order valence-corrected chi connectivity index (χ0v) is 22.6. The smallest absolute Gasteiger partial charge is 0.477 e. The number of aromatic nitrogens is 3. The van der Waals surface area contributed by atoms with Crippen molar-refractivity contribution in [3.8, 4) is 45.6 Å². The van der Waals surface area contributed by atoms with E-state index in [1.165, 1.54) is 0 Å². The molecule has 200 valence electrons. The molecular weight excluding hydrogens is 553 g/mol. The maximum absolute atomic E-state index is 16.3. The average Bonchev–Trinajstić information content (AvgIpc) is 3.30. The monoisotopic (exact) mass is 571 g/mol. The first-order chi connectivity index (χ1) is 20.7. The zero-order chi connectivity index (χ0) is 27.2. The molecule has 3 unspecified atom stereocenters. The number of benzene rings is 4. The van der Waals surface area contributed by atoms with Crippen LogP contribution in [0.1, 0.15) is 22.3 Å². The Hall–Kier alpha value is -4.76. The highest BCUT2D eigenvalue weighted by molar-refractivity contribution is 7.86. The summed E-state index contributed by atoms with van der Waals surface area (Å²) in [5, 5.41) is 14.0. The first kappa shape index (κ1) is 21.0. The minimum absolute atomic E-state index is 0.243. The largest absolute Gasteiger partial charge is 0.510 e. The third-order valence-electron chi connectivity index (χ3n) is 9.94. The summed E-state index contributed by atoms with van der Waals surface area (Å²) in [5.41, 5.74) is 3.93. The van der Waals surface area contributed by atoms with E-state index in [1.54, 1.807) is 6.20 Å². The summed E-state index contributed by atoms with van der Waals surface area (Å²) in [5.74, 6) is 4.15. The van der Waals surface area contributed by atoms with E-state index in [0.29, 0.717) is 34.3 Å². The summed E-state index contributed by atoms with van der Waals surface area (Å²) in [6, 6.07) is 19.8. The lowest BCUT2D eigenvalue weighted by Gasteiger charge is -2.45. The van der Waals surface area contributed by atoms with E-state index in [2.05, 4.69) is 27.3 Å². The standard InChI is InChI=1S/C31H18N5O5P/c37-42-27-15-7-9-21-25(27)30(23-17(38-13-32-30)3-1-5-19(23)40-21)35-12-11-34-36(29(35)42)31-24-18(39-14-33-31)4-2-6-20(24)41-22-10-8-16(15)28(42)26(22)31/h1-12,32-33H,13-14H2/q+2. The number of nitrogens with zero attached hydrogens (tertiary/aromatic N) is 3. The summed E-state index contributed by atoms with van der Waals surface area (Å²) >= 11 is 0. The van der Waals surface area contributed by atoms with Gasteiger partial charge in [-0.2, -0.15) is 0 Å². The highest BCUT2D eigenvalue weighted by Gasteiger charge is 2.77. The van der Waals surface area contributed by atoms with Gasteiger partial charge in [-0.3, -0.25) is 4.57 Å². The fraction of sp³-hybridized carbons (Fsp3) is 0.129. The molecule has 1 aromatic heterocycles. The highest BCUT2D eigenvalue weighted by Crippen LogP contribution is 2.65. The molecule has 0 aliphatic carbocycles. The first-order valence-corrected chi connectivity index (χ1v) is 15.6. The Morgan fingerprint density at radius 1 is 0.690 bits per heavy atom. The summed E-state index contributed by atoms with van der Waals surface area (Å²) in [4.78, 5) is 0. The van der Waals surface area contributed by atoms with E-state index < -0.39 is 18.5 Å². The Morgan fingerprint density at radius 2 is 1.24 bits per heavy atom. The Bertz CT molecular complexity index is 2140. The van der Waals surface area contributed by atoms with Gasteiger partial charge in [0.25, 0.3) is 5.66 Å². The second-order valence-corrected chi connectivity index (χ2v) is 14.0. The predicted molar refractivity (Wildman–Crippen MR) is 146 cm³/mol. The van der Waals surface area contributed by atoms with Crippen LogP contribution < -0.4 is 55.0 Å². The van der Waals surface area contributed by atoms with Crippen LogP contribution in [0.25, 0.3) is 11.1 Å². The molecule has 8 heterocycles. The van der Waals surface area contributed by atoms with Crippen LogP contribution in [0, 0.1) is 0 Å². The summed E-state index contributed by atoms with van der Waals surface area (Å²) in [6.07, 6.45) is 3.71. The molecule has 0 saturated carbocycles. The number of nitrogens with one attached hydrogen (secondary N) is 2. The molecule has 42 heavy (non-hydrogen) atoms. The predicted octanol–water partition coefficient (Wildman–Crippen LogP) is 1.49. The first-order valence-electron chi connectivity index (χ1n) is 13.9. The molecule has 2 N–H and O–H groups in total. The van der Waals surface area contributed by atoms with E-state index >= 15 is 4.57 Å². The van der Waals surface area contributed by atoms with Crippen molar-refractivity contribution < 1.29 is 32.8 Å². The number of hydrogen-bond acceptors (Lipinski definition) is 8. The Kier molecular flexibility index (Phi) is 3.10. The Balaban J connectivity index is 1.36. The molecule has 0 amide bonds. The molecule has 0 saturated heterocycles. The van der Waals surface area contributed by atoms with E-state index in [-0.39, 0.29) is 13.5 Å². The van der Waals surface area contributed by atoms with Crippen molar-refractivity contribution in [1.82, 2.24) is 15.7 Å². The number of hydrogen-bond donors (Lipinski definition) is 2. The molecule has 0 fully saturated rings. The summed E-state index contributed by atoms with van der Waals surface area (Å²) < 4.78 is 45.7. The SMILES string of the molecule is O=P12c3c4ccc5c3C3(NCOc6cccc(c63)O5)[n+]3ccn[n+](c31)C13NCOc5cccc(c51)Oc1ccc-4c2c13. The summed E-state index contributed by atoms with van der Waals surface area (Å²) in [6.45, 7) is 0.506. The van der Waals surface area contributed by atoms with Crippen LogP contribution in [0.15, 0.2) is 73.1 Å². The van der Waals surface area contributed by atoms with Crippen molar-refractivity contribution in [2.45, 2.75) is 11.3 Å². The molecule has 3 atom stereocenters. The van der Waals surface area contributed by atoms with Crippen LogP contribution in [-0.4, -0.2) is 18.6 Å². The minimum Gasteiger partial charge on any atom is -0.477 e. The van der Waals surface area contributed by atoms with Crippen molar-refractivity contribution >= 4 is 23.3 Å². The van der Waals surface area contributed by atoms with Crippen molar-refractivity contribution in [2.75, 3.05) is 13.5 Å². The van der Waals surface area contributed by atoms with Gasteiger partial charge in [0.1, 0.15) is 64.6 Å². The van der Waals surface area contributed by atoms with Gasteiger partial charge in [0.2, 0.25) is 6.20 Å². The maximum atomic E-state index is 16.3. The lowest BCUT2D eigenvalue weighted by molar-refractivity contribution is -0.875. The second kappa shape index (κ2) is 6.19. The average molecular weight is 571 g/mol. The van der Waals surface area contributed by atoms with Crippen LogP contribution in [0.3, 0.4) is 0 Å². The third-order valence-corrected chi connectivity index (χ3v) is 13.1. The quantitative estimate of drug-likeness (QED) is 0.209. The number of rotatable bonds is 0. The lowest BCUT2D eigenvalue weighted by Crippen LogP contribution is -2.89. The molecule has 2 spiro atoms. The number of fused-ring (bicyclic) bond motifs is 1. The van der Waals surface area contributed by atoms with Gasteiger partial charge in [-0.1, -0.05) is 12.1 Å². The second-order valence-electron chi connectivity index (χ2n) is 11.5. The maximum Gasteiger partial charge on any atom is 0.510 e. The molecule has 5 aromatic rings. The molecule has 10 nitrogen and oxygen atoms in total. The van der Waals surface area contributed by atoms with Crippen LogP contribution in [0.4, 0.5) is 0 Å². The van der Waals surface area contributed by atoms with Gasteiger partial charge in [0.15, 0.2) is 6.20 Å².